The van der Waals surface area contributed by atoms with Crippen LogP contribution in [0.4, 0.5) is 5.82 Å². The van der Waals surface area contributed by atoms with Gasteiger partial charge in [0, 0.05) is 43.5 Å². The summed E-state index contributed by atoms with van der Waals surface area (Å²) in [4.78, 5) is 19.8. The van der Waals surface area contributed by atoms with Gasteiger partial charge in [0.25, 0.3) is 0 Å². The number of carbonyl (C=O) groups excluding carboxylic acids is 1. The largest absolute Gasteiger partial charge is 0.497 e. The molecular weight excluding hydrogens is 478 g/mol. The second-order valence-corrected chi connectivity index (χ2v) is 9.67. The predicted octanol–water partition coefficient (Wildman–Crippen LogP) is 5.12. The van der Waals surface area contributed by atoms with Gasteiger partial charge in [-0.05, 0) is 67.3 Å². The Balaban J connectivity index is 1.21. The van der Waals surface area contributed by atoms with Crippen LogP contribution in [0.1, 0.15) is 38.2 Å². The zero-order valence-electron chi connectivity index (χ0n) is 22.1. The highest BCUT2D eigenvalue weighted by Crippen LogP contribution is 2.29. The van der Waals surface area contributed by atoms with Crippen LogP contribution in [0.2, 0.25) is 0 Å². The van der Waals surface area contributed by atoms with E-state index in [0.717, 1.165) is 85.0 Å². The topological polar surface area (TPSA) is 81.0 Å². The van der Waals surface area contributed by atoms with E-state index in [2.05, 4.69) is 28.2 Å². The molecule has 8 heteroatoms. The molecule has 1 N–H and O–H groups in total. The summed E-state index contributed by atoms with van der Waals surface area (Å²) in [5.41, 5.74) is 3.92. The van der Waals surface area contributed by atoms with Crippen molar-refractivity contribution in [3.8, 4) is 22.8 Å². The molecule has 5 rings (SSSR count). The molecule has 0 radical (unpaired) electrons. The minimum absolute atomic E-state index is 0.00452. The summed E-state index contributed by atoms with van der Waals surface area (Å²) < 4.78 is 13.0. The molecule has 1 aliphatic rings. The van der Waals surface area contributed by atoms with Crippen LogP contribution in [0.25, 0.3) is 16.8 Å². The van der Waals surface area contributed by atoms with Crippen molar-refractivity contribution >= 4 is 17.2 Å². The lowest BCUT2D eigenvalue weighted by Gasteiger charge is -2.32. The minimum atomic E-state index is -0.00452. The quantitative estimate of drug-likeness (QED) is 0.297. The highest BCUT2D eigenvalue weighted by atomic mass is 16.5. The third-order valence-corrected chi connectivity index (χ3v) is 7.05. The van der Waals surface area contributed by atoms with Gasteiger partial charge in [0.05, 0.1) is 19.4 Å². The Hall–Kier alpha value is -4.07. The summed E-state index contributed by atoms with van der Waals surface area (Å²) in [5.74, 6) is 2.68. The zero-order chi connectivity index (χ0) is 26.3. The highest BCUT2D eigenvalue weighted by molar-refractivity contribution is 5.79. The molecule has 0 saturated carbocycles. The van der Waals surface area contributed by atoms with E-state index in [-0.39, 0.29) is 11.8 Å². The Morgan fingerprint density at radius 1 is 1.08 bits per heavy atom. The van der Waals surface area contributed by atoms with E-state index in [1.807, 2.05) is 59.2 Å². The first kappa shape index (κ1) is 25.6. The smallest absolute Gasteiger partial charge is 0.223 e. The summed E-state index contributed by atoms with van der Waals surface area (Å²) in [6.45, 7) is 4.94. The summed E-state index contributed by atoms with van der Waals surface area (Å²) >= 11 is 0. The Morgan fingerprint density at radius 2 is 1.89 bits per heavy atom. The molecule has 1 aliphatic heterocycles. The van der Waals surface area contributed by atoms with Gasteiger partial charge in [-0.2, -0.15) is 5.10 Å². The first-order valence-electron chi connectivity index (χ1n) is 13.4. The van der Waals surface area contributed by atoms with E-state index in [4.69, 9.17) is 14.6 Å². The number of methoxy groups -OCH3 is 1. The average molecular weight is 514 g/mol. The van der Waals surface area contributed by atoms with Gasteiger partial charge >= 0.3 is 0 Å². The molecule has 8 nitrogen and oxygen atoms in total. The van der Waals surface area contributed by atoms with Crippen molar-refractivity contribution in [2.45, 2.75) is 39.2 Å². The van der Waals surface area contributed by atoms with Gasteiger partial charge in [0.1, 0.15) is 17.0 Å². The fraction of sp³-hybridized carbons (Fsp3) is 0.367. The molecule has 38 heavy (non-hydrogen) atoms. The van der Waals surface area contributed by atoms with Crippen LogP contribution in [0, 0.1) is 5.92 Å². The van der Waals surface area contributed by atoms with E-state index in [0.29, 0.717) is 6.54 Å². The van der Waals surface area contributed by atoms with Gasteiger partial charge in [-0.1, -0.05) is 25.5 Å². The number of nitrogens with zero attached hydrogens (tertiary/aromatic N) is 4. The lowest BCUT2D eigenvalue weighted by Crippen LogP contribution is -2.40. The Morgan fingerprint density at radius 3 is 2.66 bits per heavy atom. The standard InChI is InChI=1S/C30H35N5O3/c1-3-4-18-38-25-10-8-23(9-11-25)27-20-28-29(31-14-17-35(28)33-27)34-15-12-24(13-16-34)30(36)32-21-22-6-5-7-26(19-22)37-2/h5-11,14,17,19-20,24H,3-4,12-13,15-16,18,21H2,1-2H3,(H,32,36). The molecular formula is C30H35N5O3. The van der Waals surface area contributed by atoms with E-state index in [1.165, 1.54) is 0 Å². The zero-order valence-corrected chi connectivity index (χ0v) is 22.1. The van der Waals surface area contributed by atoms with Crippen LogP contribution < -0.4 is 19.7 Å². The first-order valence-corrected chi connectivity index (χ1v) is 13.4. The summed E-state index contributed by atoms with van der Waals surface area (Å²) in [5, 5.41) is 7.88. The van der Waals surface area contributed by atoms with Crippen LogP contribution in [0.5, 0.6) is 11.5 Å². The molecule has 2 aromatic carbocycles. The first-order chi connectivity index (χ1) is 18.6. The number of anilines is 1. The van der Waals surface area contributed by atoms with Gasteiger partial charge in [-0.25, -0.2) is 9.50 Å². The highest BCUT2D eigenvalue weighted by Gasteiger charge is 2.26. The fourth-order valence-electron chi connectivity index (χ4n) is 4.82. The number of benzene rings is 2. The number of carbonyl (C=O) groups is 1. The monoisotopic (exact) mass is 513 g/mol. The number of nitrogens with one attached hydrogen (secondary N) is 1. The summed E-state index contributed by atoms with van der Waals surface area (Å²) in [6.07, 6.45) is 7.40. The Bertz CT molecular complexity index is 1360. The third kappa shape index (κ3) is 5.90. The molecule has 0 bridgehead atoms. The second kappa shape index (κ2) is 12.0. The average Bonchev–Trinajstić information content (AvgIpc) is 3.41. The molecule has 1 fully saturated rings. The molecule has 4 aromatic rings. The Kier molecular flexibility index (Phi) is 8.06. The van der Waals surface area contributed by atoms with Gasteiger partial charge < -0.3 is 19.7 Å². The van der Waals surface area contributed by atoms with E-state index in [1.54, 1.807) is 13.3 Å². The number of rotatable bonds is 10. The van der Waals surface area contributed by atoms with Crippen molar-refractivity contribution in [3.05, 3.63) is 72.6 Å². The maximum absolute atomic E-state index is 12.8. The van der Waals surface area contributed by atoms with Crippen LogP contribution >= 0.6 is 0 Å². The van der Waals surface area contributed by atoms with Crippen LogP contribution in [-0.2, 0) is 11.3 Å². The second-order valence-electron chi connectivity index (χ2n) is 9.67. The van der Waals surface area contributed by atoms with E-state index < -0.39 is 0 Å². The van der Waals surface area contributed by atoms with Gasteiger partial charge in [0.15, 0.2) is 5.82 Å². The number of fused-ring (bicyclic) bond motifs is 1. The van der Waals surface area contributed by atoms with E-state index >= 15 is 0 Å². The van der Waals surface area contributed by atoms with E-state index in [9.17, 15) is 4.79 Å². The number of aromatic nitrogens is 3. The van der Waals surface area contributed by atoms with Crippen molar-refractivity contribution < 1.29 is 14.3 Å². The fourth-order valence-corrected chi connectivity index (χ4v) is 4.82. The maximum Gasteiger partial charge on any atom is 0.223 e. The molecule has 1 saturated heterocycles. The lowest BCUT2D eigenvalue weighted by molar-refractivity contribution is -0.125. The molecule has 0 atom stereocenters. The molecule has 1 amide bonds. The normalized spacial score (nSPS) is 14.0. The van der Waals surface area contributed by atoms with Gasteiger partial charge in [0.2, 0.25) is 5.91 Å². The number of amides is 1. The summed E-state index contributed by atoms with van der Waals surface area (Å²) in [7, 11) is 1.65. The molecule has 0 aliphatic carbocycles. The molecule has 0 spiro atoms. The predicted molar refractivity (Wildman–Crippen MR) is 149 cm³/mol. The number of hydrogen-bond acceptors (Lipinski definition) is 6. The third-order valence-electron chi connectivity index (χ3n) is 7.05. The molecule has 3 heterocycles. The minimum Gasteiger partial charge on any atom is -0.497 e. The molecule has 198 valence electrons. The van der Waals surface area contributed by atoms with Crippen molar-refractivity contribution in [3.63, 3.8) is 0 Å². The van der Waals surface area contributed by atoms with Crippen molar-refractivity contribution in [1.29, 1.82) is 0 Å². The van der Waals surface area contributed by atoms with Crippen LogP contribution in [0.15, 0.2) is 67.0 Å². The SMILES string of the molecule is CCCCOc1ccc(-c2cc3c(N4CCC(C(=O)NCc5cccc(OC)c5)CC4)nccn3n2)cc1. The maximum atomic E-state index is 12.8. The van der Waals surface area contributed by atoms with Gasteiger partial charge in [-0.15, -0.1) is 0 Å². The summed E-state index contributed by atoms with van der Waals surface area (Å²) in [6, 6.07) is 18.0. The number of hydrogen-bond donors (Lipinski definition) is 1. The lowest BCUT2D eigenvalue weighted by atomic mass is 9.95. The molecule has 2 aromatic heterocycles. The van der Waals surface area contributed by atoms with Crippen molar-refractivity contribution in [2.75, 3.05) is 31.7 Å². The number of ether oxygens (including phenoxy) is 2. The Labute approximate surface area is 223 Å². The number of unbranched alkanes of at least 4 members (excludes halogenated alkanes) is 1. The van der Waals surface area contributed by atoms with Crippen LogP contribution in [-0.4, -0.2) is 47.3 Å². The van der Waals surface area contributed by atoms with Crippen LogP contribution in [0.3, 0.4) is 0 Å². The van der Waals surface area contributed by atoms with Crippen molar-refractivity contribution in [1.82, 2.24) is 19.9 Å². The molecule has 0 unspecified atom stereocenters. The number of piperidine rings is 1. The van der Waals surface area contributed by atoms with Gasteiger partial charge in [-0.3, -0.25) is 4.79 Å². The van der Waals surface area contributed by atoms with Crippen molar-refractivity contribution in [2.24, 2.45) is 5.92 Å².